The Morgan fingerprint density at radius 3 is 2.52 bits per heavy atom. The number of fused-ring (bicyclic) bond motifs is 1. The van der Waals surface area contributed by atoms with Crippen LogP contribution in [-0.2, 0) is 17.4 Å². The third-order valence-corrected chi connectivity index (χ3v) is 6.36. The monoisotopic (exact) mass is 477 g/mol. The van der Waals surface area contributed by atoms with Gasteiger partial charge in [-0.05, 0) is 53.1 Å². The number of hydrogen-bond acceptors (Lipinski definition) is 4. The van der Waals surface area contributed by atoms with Crippen LogP contribution in [0.3, 0.4) is 0 Å². The first-order valence-electron chi connectivity index (χ1n) is 10.4. The second kappa shape index (κ2) is 8.60. The Balaban J connectivity index is 1.71. The van der Waals surface area contributed by atoms with Gasteiger partial charge in [0.15, 0.2) is 11.7 Å². The molecule has 0 saturated carbocycles. The summed E-state index contributed by atoms with van der Waals surface area (Å²) < 4.78 is 7.87. The molecule has 0 aliphatic carbocycles. The average Bonchev–Trinajstić information content (AvgIpc) is 3.14. The summed E-state index contributed by atoms with van der Waals surface area (Å²) in [5.41, 5.74) is 3.16. The molecule has 1 aliphatic heterocycles. The van der Waals surface area contributed by atoms with Gasteiger partial charge in [0.05, 0.1) is 18.2 Å². The summed E-state index contributed by atoms with van der Waals surface area (Å²) in [5.74, 6) is 0. The minimum atomic E-state index is -1.47. The molecule has 2 N–H and O–H groups in total. The van der Waals surface area contributed by atoms with Gasteiger partial charge >= 0.3 is 0 Å². The van der Waals surface area contributed by atoms with Crippen molar-refractivity contribution in [2.75, 3.05) is 5.32 Å². The predicted octanol–water partition coefficient (Wildman–Crippen LogP) is 6.01. The van der Waals surface area contributed by atoms with E-state index in [2.05, 4.69) is 10.3 Å². The first-order chi connectivity index (χ1) is 16.0. The van der Waals surface area contributed by atoms with E-state index in [-0.39, 0.29) is 0 Å². The molecule has 0 radical (unpaired) electrons. The average molecular weight is 478 g/mol. The van der Waals surface area contributed by atoms with E-state index in [4.69, 9.17) is 27.9 Å². The largest absolute Gasteiger partial charge is 0.487 e. The van der Waals surface area contributed by atoms with Crippen molar-refractivity contribution in [2.24, 2.45) is 7.05 Å². The molecule has 0 saturated heterocycles. The van der Waals surface area contributed by atoms with Crippen molar-refractivity contribution in [2.45, 2.75) is 11.7 Å². The van der Waals surface area contributed by atoms with Crippen LogP contribution >= 0.6 is 23.2 Å². The molecule has 2 unspecified atom stereocenters. The third kappa shape index (κ3) is 3.89. The summed E-state index contributed by atoms with van der Waals surface area (Å²) in [6.07, 6.45) is 6.30. The molecular weight excluding hydrogens is 457 g/mol. The van der Waals surface area contributed by atoms with Crippen molar-refractivity contribution < 1.29 is 9.84 Å². The second-order valence-electron chi connectivity index (χ2n) is 7.93. The number of aryl methyl sites for hydroxylation is 1. The smallest absolute Gasteiger partial charge is 0.156 e. The zero-order chi connectivity index (χ0) is 23.0. The molecule has 3 aromatic carbocycles. The third-order valence-electron chi connectivity index (χ3n) is 5.87. The maximum atomic E-state index is 12.3. The standard InChI is InChI=1S/C26H21Cl2N3O2/c1-31-16-29-15-24(31)26(32,18-5-8-20(27)9-6-18)19-7-10-23-22(14-19)25(33-12-11-30-23)17-3-2-4-21(28)13-17/h2-16,25,30,32H,1H3. The van der Waals surface area contributed by atoms with Crippen LogP contribution in [0.15, 0.2) is 91.7 Å². The number of anilines is 1. The minimum Gasteiger partial charge on any atom is -0.487 e. The van der Waals surface area contributed by atoms with Gasteiger partial charge in [0.1, 0.15) is 6.26 Å². The highest BCUT2D eigenvalue weighted by atomic mass is 35.5. The first kappa shape index (κ1) is 21.6. The summed E-state index contributed by atoms with van der Waals surface area (Å²) in [6, 6.07) is 20.6. The van der Waals surface area contributed by atoms with Crippen molar-refractivity contribution >= 4 is 28.9 Å². The summed E-state index contributed by atoms with van der Waals surface area (Å²) in [4.78, 5) is 4.25. The molecule has 5 rings (SSSR count). The maximum Gasteiger partial charge on any atom is 0.156 e. The Kier molecular flexibility index (Phi) is 5.62. The summed E-state index contributed by atoms with van der Waals surface area (Å²) in [5, 5.41) is 16.7. The lowest BCUT2D eigenvalue weighted by Crippen LogP contribution is -2.31. The molecule has 0 amide bonds. The van der Waals surface area contributed by atoms with E-state index in [1.165, 1.54) is 0 Å². The fraction of sp³-hybridized carbons (Fsp3) is 0.115. The van der Waals surface area contributed by atoms with E-state index in [0.29, 0.717) is 26.9 Å². The second-order valence-corrected chi connectivity index (χ2v) is 8.80. The van der Waals surface area contributed by atoms with Gasteiger partial charge < -0.3 is 19.7 Å². The Morgan fingerprint density at radius 1 is 1.00 bits per heavy atom. The van der Waals surface area contributed by atoms with Gasteiger partial charge in [-0.15, -0.1) is 0 Å². The highest BCUT2D eigenvalue weighted by Gasteiger charge is 2.37. The molecule has 1 aromatic heterocycles. The number of rotatable bonds is 4. The van der Waals surface area contributed by atoms with Crippen LogP contribution in [0.5, 0.6) is 0 Å². The van der Waals surface area contributed by atoms with E-state index < -0.39 is 11.7 Å². The van der Waals surface area contributed by atoms with Crippen molar-refractivity contribution in [1.82, 2.24) is 9.55 Å². The Hall–Kier alpha value is -3.25. The fourth-order valence-corrected chi connectivity index (χ4v) is 4.56. The van der Waals surface area contributed by atoms with Crippen molar-refractivity contribution in [1.29, 1.82) is 0 Å². The molecule has 2 heterocycles. The van der Waals surface area contributed by atoms with Crippen LogP contribution in [0.25, 0.3) is 0 Å². The molecule has 0 bridgehead atoms. The van der Waals surface area contributed by atoms with Gasteiger partial charge in [-0.2, -0.15) is 0 Å². The van der Waals surface area contributed by atoms with Crippen LogP contribution in [0.1, 0.15) is 34.1 Å². The Morgan fingerprint density at radius 2 is 1.79 bits per heavy atom. The van der Waals surface area contributed by atoms with Gasteiger partial charge in [-0.1, -0.05) is 53.5 Å². The lowest BCUT2D eigenvalue weighted by Gasteiger charge is -2.31. The normalized spacial score (nSPS) is 16.8. The van der Waals surface area contributed by atoms with E-state index >= 15 is 0 Å². The number of halogens is 2. The quantitative estimate of drug-likeness (QED) is 0.377. The topological polar surface area (TPSA) is 59.3 Å². The first-order valence-corrected chi connectivity index (χ1v) is 11.1. The maximum absolute atomic E-state index is 12.3. The zero-order valence-corrected chi connectivity index (χ0v) is 19.3. The number of ether oxygens (including phenoxy) is 1. The molecule has 33 heavy (non-hydrogen) atoms. The highest BCUT2D eigenvalue weighted by molar-refractivity contribution is 6.30. The lowest BCUT2D eigenvalue weighted by molar-refractivity contribution is 0.117. The zero-order valence-electron chi connectivity index (χ0n) is 17.7. The molecule has 2 atom stereocenters. The number of benzene rings is 3. The van der Waals surface area contributed by atoms with E-state index in [1.54, 1.807) is 37.1 Å². The van der Waals surface area contributed by atoms with E-state index in [1.807, 2.05) is 66.2 Å². The Labute approximate surface area is 201 Å². The molecule has 0 fully saturated rings. The number of nitrogens with one attached hydrogen (secondary N) is 1. The molecule has 1 aliphatic rings. The van der Waals surface area contributed by atoms with Crippen LogP contribution < -0.4 is 5.32 Å². The number of nitrogens with zero attached hydrogens (tertiary/aromatic N) is 2. The minimum absolute atomic E-state index is 0.411. The number of aliphatic hydroxyl groups is 1. The van der Waals surface area contributed by atoms with Crippen LogP contribution in [-0.4, -0.2) is 14.7 Å². The number of aromatic nitrogens is 2. The van der Waals surface area contributed by atoms with Gasteiger partial charge in [0, 0.05) is 34.5 Å². The van der Waals surface area contributed by atoms with Gasteiger partial charge in [-0.25, -0.2) is 4.98 Å². The van der Waals surface area contributed by atoms with Crippen LogP contribution in [0, 0.1) is 0 Å². The molecule has 0 spiro atoms. The molecule has 166 valence electrons. The fourth-order valence-electron chi connectivity index (χ4n) is 4.24. The van der Waals surface area contributed by atoms with Gasteiger partial charge in [0.2, 0.25) is 0 Å². The van der Waals surface area contributed by atoms with E-state index in [9.17, 15) is 5.11 Å². The van der Waals surface area contributed by atoms with Crippen LogP contribution in [0.2, 0.25) is 10.0 Å². The van der Waals surface area contributed by atoms with E-state index in [0.717, 1.165) is 16.8 Å². The number of hydrogen-bond donors (Lipinski definition) is 2. The Bertz CT molecular complexity index is 1330. The predicted molar refractivity (Wildman–Crippen MR) is 130 cm³/mol. The summed E-state index contributed by atoms with van der Waals surface area (Å²) >= 11 is 12.4. The number of imidazole rings is 1. The summed E-state index contributed by atoms with van der Waals surface area (Å²) in [6.45, 7) is 0. The van der Waals surface area contributed by atoms with Crippen molar-refractivity contribution in [3.05, 3.63) is 130 Å². The van der Waals surface area contributed by atoms with Gasteiger partial charge in [-0.3, -0.25) is 0 Å². The molecular formula is C26H21Cl2N3O2. The van der Waals surface area contributed by atoms with Crippen molar-refractivity contribution in [3.63, 3.8) is 0 Å². The molecule has 4 aromatic rings. The molecule has 7 heteroatoms. The molecule has 5 nitrogen and oxygen atoms in total. The van der Waals surface area contributed by atoms with Crippen LogP contribution in [0.4, 0.5) is 5.69 Å². The summed E-state index contributed by atoms with van der Waals surface area (Å²) in [7, 11) is 1.86. The lowest BCUT2D eigenvalue weighted by atomic mass is 9.82. The van der Waals surface area contributed by atoms with Crippen molar-refractivity contribution in [3.8, 4) is 0 Å². The van der Waals surface area contributed by atoms with Gasteiger partial charge in [0.25, 0.3) is 0 Å². The SMILES string of the molecule is Cn1cncc1C(O)(c1ccc(Cl)cc1)c1ccc2c(c1)C(c1cccc(Cl)c1)OC=CN2. The highest BCUT2D eigenvalue weighted by Crippen LogP contribution is 2.41.